The molecule has 0 saturated carbocycles. The van der Waals surface area contributed by atoms with Gasteiger partial charge in [-0.15, -0.1) is 0 Å². The van der Waals surface area contributed by atoms with E-state index in [1.807, 2.05) is 24.3 Å². The first-order valence-electron chi connectivity index (χ1n) is 13.5. The highest BCUT2D eigenvalue weighted by Gasteiger charge is 2.28. The minimum atomic E-state index is -1.58. The van der Waals surface area contributed by atoms with Gasteiger partial charge in [0.1, 0.15) is 17.2 Å². The van der Waals surface area contributed by atoms with Crippen molar-refractivity contribution < 1.29 is 23.1 Å². The van der Waals surface area contributed by atoms with Gasteiger partial charge in [-0.2, -0.15) is 0 Å². The number of ether oxygens (including phenoxy) is 3. The highest BCUT2D eigenvalue weighted by Crippen LogP contribution is 2.22. The molecule has 0 atom stereocenters. The van der Waals surface area contributed by atoms with E-state index in [4.69, 9.17) is 18.3 Å². The lowest BCUT2D eigenvalue weighted by molar-refractivity contribution is 0.0734. The number of hydrogen-bond donors (Lipinski definition) is 0. The van der Waals surface area contributed by atoms with E-state index in [1.54, 1.807) is 24.3 Å². The third kappa shape index (κ3) is 12.7. The van der Waals surface area contributed by atoms with Crippen LogP contribution in [0.1, 0.15) is 62.2 Å². The molecular formula is C29H46O5Si2. The van der Waals surface area contributed by atoms with Gasteiger partial charge in [0.2, 0.25) is 0 Å². The lowest BCUT2D eigenvalue weighted by atomic mass is 10.2. The Morgan fingerprint density at radius 1 is 0.667 bits per heavy atom. The number of carbonyl (C=O) groups excluding carboxylic acids is 1. The first-order chi connectivity index (χ1) is 17.1. The molecule has 0 bridgehead atoms. The van der Waals surface area contributed by atoms with Gasteiger partial charge in [-0.1, -0.05) is 39.0 Å². The Morgan fingerprint density at radius 3 is 1.72 bits per heavy atom. The van der Waals surface area contributed by atoms with Crippen LogP contribution in [0, 0.1) is 0 Å². The van der Waals surface area contributed by atoms with E-state index in [-0.39, 0.29) is 5.97 Å². The lowest BCUT2D eigenvalue weighted by Gasteiger charge is -2.31. The molecule has 5 nitrogen and oxygen atoms in total. The van der Waals surface area contributed by atoms with Crippen LogP contribution in [0.15, 0.2) is 48.5 Å². The van der Waals surface area contributed by atoms with Crippen molar-refractivity contribution in [3.63, 3.8) is 0 Å². The average Bonchev–Trinajstić information content (AvgIpc) is 2.81. The van der Waals surface area contributed by atoms with Crippen molar-refractivity contribution in [2.24, 2.45) is 0 Å². The second-order valence-corrected chi connectivity index (χ2v) is 20.0. The fourth-order valence-electron chi connectivity index (χ4n) is 4.08. The van der Waals surface area contributed by atoms with Gasteiger partial charge in [0.25, 0.3) is 0 Å². The molecule has 36 heavy (non-hydrogen) atoms. The first kappa shape index (κ1) is 30.1. The minimum absolute atomic E-state index is 0.387. The van der Waals surface area contributed by atoms with E-state index in [0.29, 0.717) is 24.5 Å². The molecule has 0 aliphatic rings. The first-order valence-corrected chi connectivity index (χ1v) is 20.0. The lowest BCUT2D eigenvalue weighted by Crippen LogP contribution is -2.42. The molecule has 0 radical (unpaired) electrons. The standard InChI is InChI=1S/C29H46O5Si2/c1-7-8-9-10-11-22-31-26-16-14-25(15-17-26)29(30)33-28-20-18-27(19-21-28)32-23-12-13-24-36(5,6)34-35(2,3)4/h14-21H,7-13,22-24H2,1-6H3. The van der Waals surface area contributed by atoms with Gasteiger partial charge in [0.15, 0.2) is 16.6 Å². The van der Waals surface area contributed by atoms with Crippen molar-refractivity contribution in [2.75, 3.05) is 13.2 Å². The maximum atomic E-state index is 12.5. The molecule has 200 valence electrons. The van der Waals surface area contributed by atoms with Crippen molar-refractivity contribution in [3.05, 3.63) is 54.1 Å². The summed E-state index contributed by atoms with van der Waals surface area (Å²) in [6.45, 7) is 15.0. The summed E-state index contributed by atoms with van der Waals surface area (Å²) >= 11 is 0. The number of esters is 1. The van der Waals surface area contributed by atoms with Crippen LogP contribution in [0.5, 0.6) is 17.2 Å². The molecular weight excluding hydrogens is 484 g/mol. The van der Waals surface area contributed by atoms with Gasteiger partial charge in [-0.3, -0.25) is 0 Å². The van der Waals surface area contributed by atoms with Crippen LogP contribution in [0.4, 0.5) is 0 Å². The molecule has 0 fully saturated rings. The van der Waals surface area contributed by atoms with E-state index in [2.05, 4.69) is 39.7 Å². The third-order valence-corrected chi connectivity index (χ3v) is 11.9. The van der Waals surface area contributed by atoms with Gasteiger partial charge in [-0.25, -0.2) is 4.79 Å². The van der Waals surface area contributed by atoms with Gasteiger partial charge >= 0.3 is 5.97 Å². The van der Waals surface area contributed by atoms with Crippen LogP contribution < -0.4 is 14.2 Å². The summed E-state index contributed by atoms with van der Waals surface area (Å²) in [7, 11) is -3.06. The zero-order valence-corrected chi connectivity index (χ0v) is 25.2. The Labute approximate surface area is 220 Å². The topological polar surface area (TPSA) is 54.0 Å². The quantitative estimate of drug-likeness (QED) is 0.0888. The van der Waals surface area contributed by atoms with Crippen LogP contribution in [-0.2, 0) is 4.12 Å². The van der Waals surface area contributed by atoms with E-state index < -0.39 is 16.6 Å². The molecule has 0 aliphatic carbocycles. The number of rotatable bonds is 17. The van der Waals surface area contributed by atoms with Gasteiger partial charge < -0.3 is 18.3 Å². The number of carbonyl (C=O) groups is 1. The highest BCUT2D eigenvalue weighted by atomic mass is 28.4. The van der Waals surface area contributed by atoms with Crippen molar-refractivity contribution in [1.29, 1.82) is 0 Å². The van der Waals surface area contributed by atoms with Crippen LogP contribution in [0.25, 0.3) is 0 Å². The fourth-order valence-corrected chi connectivity index (χ4v) is 12.2. The maximum absolute atomic E-state index is 12.5. The van der Waals surface area contributed by atoms with E-state index >= 15 is 0 Å². The van der Waals surface area contributed by atoms with Gasteiger partial charge in [0.05, 0.1) is 18.8 Å². The summed E-state index contributed by atoms with van der Waals surface area (Å²) < 4.78 is 23.5. The van der Waals surface area contributed by atoms with Crippen LogP contribution in [0.2, 0.25) is 38.8 Å². The van der Waals surface area contributed by atoms with Crippen LogP contribution in [-0.4, -0.2) is 35.8 Å². The normalized spacial score (nSPS) is 11.8. The monoisotopic (exact) mass is 530 g/mol. The zero-order valence-electron chi connectivity index (χ0n) is 23.2. The second kappa shape index (κ2) is 15.2. The summed E-state index contributed by atoms with van der Waals surface area (Å²) in [4.78, 5) is 12.5. The Kier molecular flexibility index (Phi) is 12.7. The molecule has 0 N–H and O–H groups in total. The molecule has 0 heterocycles. The predicted molar refractivity (Wildman–Crippen MR) is 154 cm³/mol. The number of unbranched alkanes of at least 4 members (excludes halogenated alkanes) is 5. The number of hydrogen-bond acceptors (Lipinski definition) is 5. The SMILES string of the molecule is CCCCCCCOc1ccc(C(=O)Oc2ccc(OCCCC[Si](C)(C)O[Si](C)(C)C)cc2)cc1. The summed E-state index contributed by atoms with van der Waals surface area (Å²) in [6.07, 6.45) is 8.13. The van der Waals surface area contributed by atoms with Crippen LogP contribution in [0.3, 0.4) is 0 Å². The van der Waals surface area contributed by atoms with Crippen molar-refractivity contribution >= 4 is 22.6 Å². The molecule has 0 saturated heterocycles. The molecule has 7 heteroatoms. The largest absolute Gasteiger partial charge is 0.494 e. The summed E-state index contributed by atoms with van der Waals surface area (Å²) in [5, 5.41) is 0. The van der Waals surface area contributed by atoms with E-state index in [9.17, 15) is 4.79 Å². The zero-order chi connectivity index (χ0) is 26.4. The fraction of sp³-hybridized carbons (Fsp3) is 0.552. The van der Waals surface area contributed by atoms with Crippen molar-refractivity contribution in [2.45, 2.75) is 90.6 Å². The van der Waals surface area contributed by atoms with E-state index in [1.165, 1.54) is 25.7 Å². The maximum Gasteiger partial charge on any atom is 0.343 e. The average molecular weight is 531 g/mol. The molecule has 0 spiro atoms. The van der Waals surface area contributed by atoms with Gasteiger partial charge in [0, 0.05) is 0 Å². The molecule has 0 amide bonds. The summed E-state index contributed by atoms with van der Waals surface area (Å²) in [6, 6.07) is 15.5. The molecule has 0 aliphatic heterocycles. The summed E-state index contributed by atoms with van der Waals surface area (Å²) in [5.74, 6) is 1.66. The molecule has 2 aromatic rings. The second-order valence-electron chi connectivity index (χ2n) is 10.9. The Bertz CT molecular complexity index is 889. The Morgan fingerprint density at radius 2 is 1.17 bits per heavy atom. The molecule has 2 aromatic carbocycles. The summed E-state index contributed by atoms with van der Waals surface area (Å²) in [5.41, 5.74) is 0.496. The van der Waals surface area contributed by atoms with Gasteiger partial charge in [-0.05, 0) is 100 Å². The van der Waals surface area contributed by atoms with E-state index in [0.717, 1.165) is 36.8 Å². The highest BCUT2D eigenvalue weighted by molar-refractivity contribution is 6.84. The van der Waals surface area contributed by atoms with Crippen LogP contribution >= 0.6 is 0 Å². The van der Waals surface area contributed by atoms with Crippen molar-refractivity contribution in [3.8, 4) is 17.2 Å². The van der Waals surface area contributed by atoms with Crippen molar-refractivity contribution in [1.82, 2.24) is 0 Å². The number of benzene rings is 2. The smallest absolute Gasteiger partial charge is 0.343 e. The Balaban J connectivity index is 1.68. The molecule has 0 unspecified atom stereocenters. The Hall–Kier alpha value is -2.10. The minimum Gasteiger partial charge on any atom is -0.494 e. The molecule has 0 aromatic heterocycles. The predicted octanol–water partition coefficient (Wildman–Crippen LogP) is 8.47. The molecule has 2 rings (SSSR count). The third-order valence-electron chi connectivity index (χ3n) is 5.67.